The Morgan fingerprint density at radius 2 is 0.937 bits per heavy atom. The van der Waals surface area contributed by atoms with E-state index in [-0.39, 0.29) is 13.0 Å². The molecule has 1 aliphatic carbocycles. The molecule has 1 aliphatic rings. The van der Waals surface area contributed by atoms with E-state index in [1.807, 2.05) is 0 Å². The van der Waals surface area contributed by atoms with Crippen molar-refractivity contribution in [3.8, 4) is 0 Å². The fourth-order valence-corrected chi connectivity index (χ4v) is 8.20. The molecule has 1 rings (SSSR count). The zero-order valence-corrected chi connectivity index (χ0v) is 40.0. The van der Waals surface area contributed by atoms with Crippen molar-refractivity contribution in [2.75, 3.05) is 19.8 Å². The largest absolute Gasteiger partial charge is 0.472 e. The van der Waals surface area contributed by atoms with E-state index < -0.39 is 63.1 Å². The Morgan fingerprint density at radius 1 is 0.524 bits per heavy atom. The number of carbonyl (C=O) groups is 1. The summed E-state index contributed by atoms with van der Waals surface area (Å²) in [5, 5.41) is 50.2. The molecule has 0 aromatic carbocycles. The summed E-state index contributed by atoms with van der Waals surface area (Å²) < 4.78 is 34.2. The molecule has 0 aromatic heterocycles. The molecule has 13 heteroatoms. The second-order valence-electron chi connectivity index (χ2n) is 16.9. The van der Waals surface area contributed by atoms with Crippen molar-refractivity contribution in [3.05, 3.63) is 60.8 Å². The number of esters is 1. The fraction of sp³-hybridized carbons (Fsp3) is 0.780. The van der Waals surface area contributed by atoms with E-state index in [2.05, 4.69) is 74.6 Å². The van der Waals surface area contributed by atoms with Crippen LogP contribution in [0.25, 0.3) is 0 Å². The zero-order valence-electron chi connectivity index (χ0n) is 39.1. The monoisotopic (exact) mass is 913 g/mol. The molecule has 6 N–H and O–H groups in total. The number of aliphatic hydroxyl groups is 5. The van der Waals surface area contributed by atoms with Gasteiger partial charge in [0.2, 0.25) is 0 Å². The summed E-state index contributed by atoms with van der Waals surface area (Å²) in [4.78, 5) is 23.2. The highest BCUT2D eigenvalue weighted by Crippen LogP contribution is 2.47. The van der Waals surface area contributed by atoms with Gasteiger partial charge in [0.1, 0.15) is 42.7 Å². The van der Waals surface area contributed by atoms with E-state index in [1.54, 1.807) is 0 Å². The number of hydrogen-bond donors (Lipinski definition) is 6. The first kappa shape index (κ1) is 59.1. The van der Waals surface area contributed by atoms with E-state index in [4.69, 9.17) is 18.5 Å². The number of unbranched alkanes of at least 4 members (excludes halogenated alkanes) is 19. The van der Waals surface area contributed by atoms with E-state index in [0.717, 1.165) is 83.5 Å². The minimum Gasteiger partial charge on any atom is -0.457 e. The van der Waals surface area contributed by atoms with Crippen LogP contribution in [0.15, 0.2) is 60.8 Å². The molecule has 0 radical (unpaired) electrons. The van der Waals surface area contributed by atoms with Gasteiger partial charge in [-0.05, 0) is 77.0 Å². The Kier molecular flexibility index (Phi) is 37.8. The zero-order chi connectivity index (χ0) is 46.2. The predicted molar refractivity (Wildman–Crippen MR) is 253 cm³/mol. The standard InChI is InChI=1S/C50H89O12P/c1-3-5-7-9-11-13-15-17-18-19-20-21-22-23-24-25-26-27-29-31-33-35-37-39-44(51)61-43(41-59-40-38-36-34-32-30-28-16-14-12-10-8-6-4-2)42-60-63(57,58)62-50-48(55)46(53)45(52)47(54)49(50)56/h5,7,11-14,17-18,20-21,43,45-50,52-56H,3-4,6,8-10,15-16,19,22-42H2,1-2H3,(H,57,58)/b7-5-,13-11-,14-12-,18-17-,21-20-. The normalized spacial score (nSPS) is 22.3. The molecule has 1 fully saturated rings. The van der Waals surface area contributed by atoms with Crippen molar-refractivity contribution in [1.82, 2.24) is 0 Å². The summed E-state index contributed by atoms with van der Waals surface area (Å²) in [6.07, 6.45) is 38.6. The molecule has 0 bridgehead atoms. The second kappa shape index (κ2) is 40.3. The number of hydrogen-bond acceptors (Lipinski definition) is 11. The van der Waals surface area contributed by atoms with Crippen LogP contribution < -0.4 is 0 Å². The van der Waals surface area contributed by atoms with Crippen molar-refractivity contribution in [1.29, 1.82) is 0 Å². The maximum absolute atomic E-state index is 12.8. The minimum absolute atomic E-state index is 0.0843. The van der Waals surface area contributed by atoms with Crippen LogP contribution in [-0.2, 0) is 27.9 Å². The molecular weight excluding hydrogens is 824 g/mol. The van der Waals surface area contributed by atoms with Gasteiger partial charge in [-0.25, -0.2) is 4.57 Å². The van der Waals surface area contributed by atoms with Crippen molar-refractivity contribution in [3.63, 3.8) is 0 Å². The second-order valence-corrected chi connectivity index (χ2v) is 18.3. The summed E-state index contributed by atoms with van der Waals surface area (Å²) >= 11 is 0. The van der Waals surface area contributed by atoms with Crippen molar-refractivity contribution >= 4 is 13.8 Å². The summed E-state index contributed by atoms with van der Waals surface area (Å²) in [7, 11) is -5.02. The quantitative estimate of drug-likeness (QED) is 0.0147. The third-order valence-corrected chi connectivity index (χ3v) is 12.1. The first-order valence-corrected chi connectivity index (χ1v) is 26.1. The minimum atomic E-state index is -5.02. The molecular formula is C50H89O12P. The molecule has 1 saturated carbocycles. The average Bonchev–Trinajstić information content (AvgIpc) is 3.27. The Morgan fingerprint density at radius 3 is 1.44 bits per heavy atom. The molecule has 0 saturated heterocycles. The molecule has 0 amide bonds. The lowest BCUT2D eigenvalue weighted by atomic mass is 9.85. The third-order valence-electron chi connectivity index (χ3n) is 11.1. The number of carbonyl (C=O) groups excluding carboxylic acids is 1. The number of phosphoric ester groups is 1. The summed E-state index contributed by atoms with van der Waals surface area (Å²) in [5.41, 5.74) is 0. The van der Waals surface area contributed by atoms with Crippen LogP contribution in [0.2, 0.25) is 0 Å². The maximum atomic E-state index is 12.8. The highest BCUT2D eigenvalue weighted by Gasteiger charge is 2.51. The Labute approximate surface area is 381 Å². The molecule has 63 heavy (non-hydrogen) atoms. The van der Waals surface area contributed by atoms with Gasteiger partial charge in [0.05, 0.1) is 13.2 Å². The van der Waals surface area contributed by atoms with Gasteiger partial charge in [-0.2, -0.15) is 0 Å². The SMILES string of the molecule is CC/C=C\C/C=C\C/C=C\C/C=C\CCCCCCCCCCCCC(=O)OC(COCCCCCCCC/C=C\CCCCC)COP(=O)(O)OC1C(O)C(O)C(O)C(O)C1O. The van der Waals surface area contributed by atoms with Crippen LogP contribution in [0, 0.1) is 0 Å². The highest BCUT2D eigenvalue weighted by molar-refractivity contribution is 7.47. The topological polar surface area (TPSA) is 192 Å². The van der Waals surface area contributed by atoms with Crippen LogP contribution in [0.4, 0.5) is 0 Å². The highest BCUT2D eigenvalue weighted by atomic mass is 31.2. The lowest BCUT2D eigenvalue weighted by Crippen LogP contribution is -2.64. The predicted octanol–water partition coefficient (Wildman–Crippen LogP) is 10.6. The smallest absolute Gasteiger partial charge is 0.457 e. The van der Waals surface area contributed by atoms with E-state index in [9.17, 15) is 39.8 Å². The molecule has 366 valence electrons. The van der Waals surface area contributed by atoms with Crippen molar-refractivity contribution < 1.29 is 58.3 Å². The fourth-order valence-electron chi connectivity index (χ4n) is 7.22. The molecule has 0 heterocycles. The maximum Gasteiger partial charge on any atom is 0.472 e. The Bertz CT molecular complexity index is 1270. The summed E-state index contributed by atoms with van der Waals surface area (Å²) in [6.45, 7) is 4.11. The van der Waals surface area contributed by atoms with Crippen LogP contribution in [0.5, 0.6) is 0 Å². The third kappa shape index (κ3) is 32.4. The Hall–Kier alpha value is -1.96. The van der Waals surface area contributed by atoms with Gasteiger partial charge in [0.15, 0.2) is 0 Å². The number of allylic oxidation sites excluding steroid dienone is 10. The Balaban J connectivity index is 2.34. The summed E-state index contributed by atoms with van der Waals surface area (Å²) in [6, 6.07) is 0. The van der Waals surface area contributed by atoms with Gasteiger partial charge in [0.25, 0.3) is 0 Å². The van der Waals surface area contributed by atoms with Crippen molar-refractivity contribution in [2.24, 2.45) is 0 Å². The lowest BCUT2D eigenvalue weighted by Gasteiger charge is -2.41. The van der Waals surface area contributed by atoms with Gasteiger partial charge >= 0.3 is 13.8 Å². The van der Waals surface area contributed by atoms with Crippen LogP contribution in [-0.4, -0.2) is 98.9 Å². The lowest BCUT2D eigenvalue weighted by molar-refractivity contribution is -0.220. The van der Waals surface area contributed by atoms with Crippen molar-refractivity contribution in [2.45, 2.75) is 230 Å². The van der Waals surface area contributed by atoms with Crippen LogP contribution >= 0.6 is 7.82 Å². The molecule has 6 atom stereocenters. The average molecular weight is 913 g/mol. The first-order valence-electron chi connectivity index (χ1n) is 24.6. The van der Waals surface area contributed by atoms with Gasteiger partial charge in [0, 0.05) is 13.0 Å². The number of ether oxygens (including phenoxy) is 2. The van der Waals surface area contributed by atoms with Gasteiger partial charge in [-0.1, -0.05) is 164 Å². The van der Waals surface area contributed by atoms with Gasteiger partial charge < -0.3 is 39.9 Å². The number of aliphatic hydroxyl groups excluding tert-OH is 5. The number of phosphoric acid groups is 1. The molecule has 0 aliphatic heterocycles. The first-order chi connectivity index (χ1) is 30.5. The van der Waals surface area contributed by atoms with E-state index in [0.29, 0.717) is 13.0 Å². The molecule has 6 unspecified atom stereocenters. The van der Waals surface area contributed by atoms with Gasteiger partial charge in [-0.3, -0.25) is 13.8 Å². The number of rotatable bonds is 41. The van der Waals surface area contributed by atoms with Crippen LogP contribution in [0.1, 0.15) is 187 Å². The summed E-state index contributed by atoms with van der Waals surface area (Å²) in [5.74, 6) is -0.486. The molecule has 0 spiro atoms. The van der Waals surface area contributed by atoms with E-state index >= 15 is 0 Å². The molecule has 0 aromatic rings. The van der Waals surface area contributed by atoms with Gasteiger partial charge in [-0.15, -0.1) is 0 Å². The van der Waals surface area contributed by atoms with Crippen LogP contribution in [0.3, 0.4) is 0 Å². The molecule has 12 nitrogen and oxygen atoms in total. The van der Waals surface area contributed by atoms with E-state index in [1.165, 1.54) is 77.0 Å².